The second kappa shape index (κ2) is 7.26. The van der Waals surface area contributed by atoms with E-state index >= 15 is 0 Å². The molecule has 0 aliphatic carbocycles. The van der Waals surface area contributed by atoms with E-state index in [2.05, 4.69) is 15.5 Å². The maximum atomic E-state index is 13.0. The maximum absolute atomic E-state index is 13.0. The lowest BCUT2D eigenvalue weighted by Gasteiger charge is -2.19. The molecule has 2 aromatic rings. The van der Waals surface area contributed by atoms with E-state index in [1.807, 2.05) is 0 Å². The molecule has 1 fully saturated rings. The van der Waals surface area contributed by atoms with E-state index in [4.69, 9.17) is 4.74 Å². The third kappa shape index (κ3) is 3.86. The minimum Gasteiger partial charge on any atom is -0.457 e. The second-order valence-electron chi connectivity index (χ2n) is 6.86. The summed E-state index contributed by atoms with van der Waals surface area (Å²) < 4.78 is 18.0. The molecular formula is C20H20FN3O3. The number of anilines is 2. The Balaban J connectivity index is 1.27. The predicted molar refractivity (Wildman–Crippen MR) is 99.3 cm³/mol. The Bertz CT molecular complexity index is 869. The number of fused-ring (bicyclic) bond motifs is 1. The van der Waals surface area contributed by atoms with Crippen molar-refractivity contribution in [2.75, 3.05) is 29.9 Å². The quantitative estimate of drug-likeness (QED) is 0.813. The Hall–Kier alpha value is -3.09. The van der Waals surface area contributed by atoms with Crippen molar-refractivity contribution in [1.82, 2.24) is 5.32 Å². The van der Waals surface area contributed by atoms with Crippen molar-refractivity contribution in [3.63, 3.8) is 0 Å². The molecular weight excluding hydrogens is 349 g/mol. The van der Waals surface area contributed by atoms with Crippen LogP contribution < -0.4 is 15.5 Å². The monoisotopic (exact) mass is 369 g/mol. The fourth-order valence-corrected chi connectivity index (χ4v) is 3.49. The summed E-state index contributed by atoms with van der Waals surface area (Å²) in [5.74, 6) is -0.274. The molecule has 140 valence electrons. The number of rotatable bonds is 4. The molecule has 1 atom stereocenters. The molecule has 0 saturated carbocycles. The first-order chi connectivity index (χ1) is 13.1. The zero-order valence-electron chi connectivity index (χ0n) is 14.7. The van der Waals surface area contributed by atoms with Gasteiger partial charge in [-0.1, -0.05) is 6.07 Å². The van der Waals surface area contributed by atoms with Gasteiger partial charge in [-0.15, -0.1) is 0 Å². The van der Waals surface area contributed by atoms with E-state index in [1.165, 1.54) is 12.1 Å². The van der Waals surface area contributed by atoms with Crippen LogP contribution in [-0.4, -0.2) is 31.6 Å². The Morgan fingerprint density at radius 1 is 1.22 bits per heavy atom. The van der Waals surface area contributed by atoms with Gasteiger partial charge in [0, 0.05) is 36.6 Å². The largest absolute Gasteiger partial charge is 0.457 e. The fraction of sp³-hybridized carbons (Fsp3) is 0.300. The topological polar surface area (TPSA) is 70.7 Å². The minimum absolute atomic E-state index is 0.243. The standard InChI is InChI=1S/C20H20FN3O3/c21-15-2-5-17(6-3-15)24-8-7-13(11-24)10-22-20(26)23-16-4-1-14-12-27-19(25)18(14)9-16/h1-6,9,13H,7-8,10-12H2,(H2,22,23,26). The molecule has 4 rings (SSSR count). The van der Waals surface area contributed by atoms with Gasteiger partial charge in [0.15, 0.2) is 0 Å². The number of carbonyl (C=O) groups excluding carboxylic acids is 2. The van der Waals surface area contributed by atoms with Crippen LogP contribution in [0.4, 0.5) is 20.6 Å². The van der Waals surface area contributed by atoms with E-state index in [0.717, 1.165) is 30.8 Å². The van der Waals surface area contributed by atoms with E-state index < -0.39 is 0 Å². The van der Waals surface area contributed by atoms with E-state index in [-0.39, 0.29) is 24.4 Å². The number of ether oxygens (including phenoxy) is 1. The van der Waals surface area contributed by atoms with Crippen LogP contribution >= 0.6 is 0 Å². The Morgan fingerprint density at radius 2 is 2.04 bits per heavy atom. The second-order valence-corrected chi connectivity index (χ2v) is 6.86. The molecule has 0 radical (unpaired) electrons. The number of cyclic esters (lactones) is 1. The van der Waals surface area contributed by atoms with Gasteiger partial charge in [0.05, 0.1) is 5.56 Å². The van der Waals surface area contributed by atoms with Gasteiger partial charge in [0.1, 0.15) is 12.4 Å². The van der Waals surface area contributed by atoms with Gasteiger partial charge in [0.25, 0.3) is 0 Å². The number of hydrogen-bond donors (Lipinski definition) is 2. The number of urea groups is 1. The maximum Gasteiger partial charge on any atom is 0.338 e. The summed E-state index contributed by atoms with van der Waals surface area (Å²) in [5.41, 5.74) is 2.88. The number of esters is 1. The zero-order chi connectivity index (χ0) is 18.8. The summed E-state index contributed by atoms with van der Waals surface area (Å²) >= 11 is 0. The Kier molecular flexibility index (Phi) is 4.66. The fourth-order valence-electron chi connectivity index (χ4n) is 3.49. The normalized spacial score (nSPS) is 18.2. The van der Waals surface area contributed by atoms with Gasteiger partial charge >= 0.3 is 12.0 Å². The van der Waals surface area contributed by atoms with Gasteiger partial charge in [-0.05, 0) is 48.7 Å². The molecule has 0 spiro atoms. The molecule has 2 aliphatic heterocycles. The van der Waals surface area contributed by atoms with Crippen LogP contribution in [0.5, 0.6) is 0 Å². The van der Waals surface area contributed by atoms with Crippen LogP contribution in [0.15, 0.2) is 42.5 Å². The first-order valence-electron chi connectivity index (χ1n) is 8.94. The molecule has 2 amide bonds. The number of benzene rings is 2. The van der Waals surface area contributed by atoms with Crippen molar-refractivity contribution in [3.05, 3.63) is 59.4 Å². The number of halogens is 1. The third-order valence-corrected chi connectivity index (χ3v) is 4.98. The molecule has 2 heterocycles. The Morgan fingerprint density at radius 3 is 2.85 bits per heavy atom. The molecule has 2 aliphatic rings. The van der Waals surface area contributed by atoms with Gasteiger partial charge < -0.3 is 20.3 Å². The van der Waals surface area contributed by atoms with E-state index in [9.17, 15) is 14.0 Å². The molecule has 7 heteroatoms. The Labute approximate surface area is 156 Å². The van der Waals surface area contributed by atoms with Crippen molar-refractivity contribution < 1.29 is 18.7 Å². The van der Waals surface area contributed by atoms with Gasteiger partial charge in [-0.25, -0.2) is 14.0 Å². The van der Waals surface area contributed by atoms with Gasteiger partial charge in [-0.3, -0.25) is 0 Å². The lowest BCUT2D eigenvalue weighted by Crippen LogP contribution is -2.34. The lowest BCUT2D eigenvalue weighted by molar-refractivity contribution is 0.0535. The highest BCUT2D eigenvalue weighted by Gasteiger charge is 2.24. The van der Waals surface area contributed by atoms with Crippen LogP contribution in [-0.2, 0) is 11.3 Å². The summed E-state index contributed by atoms with van der Waals surface area (Å²) in [4.78, 5) is 25.9. The lowest BCUT2D eigenvalue weighted by atomic mass is 10.1. The first kappa shape index (κ1) is 17.3. The number of nitrogens with zero attached hydrogens (tertiary/aromatic N) is 1. The van der Waals surface area contributed by atoms with Gasteiger partial charge in [-0.2, -0.15) is 0 Å². The van der Waals surface area contributed by atoms with Gasteiger partial charge in [0.2, 0.25) is 0 Å². The molecule has 27 heavy (non-hydrogen) atoms. The highest BCUT2D eigenvalue weighted by molar-refractivity contribution is 5.96. The molecule has 6 nitrogen and oxygen atoms in total. The highest BCUT2D eigenvalue weighted by Crippen LogP contribution is 2.24. The summed E-state index contributed by atoms with van der Waals surface area (Å²) in [5, 5.41) is 5.63. The van der Waals surface area contributed by atoms with Crippen LogP contribution in [0.3, 0.4) is 0 Å². The first-order valence-corrected chi connectivity index (χ1v) is 8.94. The molecule has 2 N–H and O–H groups in total. The SMILES string of the molecule is O=C(NCC1CCN(c2ccc(F)cc2)C1)Nc1ccc2c(c1)C(=O)OC2. The van der Waals surface area contributed by atoms with Crippen molar-refractivity contribution in [3.8, 4) is 0 Å². The third-order valence-electron chi connectivity index (χ3n) is 4.98. The molecule has 0 aromatic heterocycles. The number of nitrogens with one attached hydrogen (secondary N) is 2. The van der Waals surface area contributed by atoms with Crippen molar-refractivity contribution in [1.29, 1.82) is 0 Å². The van der Waals surface area contributed by atoms with E-state index in [0.29, 0.717) is 23.7 Å². The summed E-state index contributed by atoms with van der Waals surface area (Å²) in [7, 11) is 0. The smallest absolute Gasteiger partial charge is 0.338 e. The average Bonchev–Trinajstić information content (AvgIpc) is 3.28. The van der Waals surface area contributed by atoms with Crippen LogP contribution in [0.2, 0.25) is 0 Å². The van der Waals surface area contributed by atoms with E-state index in [1.54, 1.807) is 30.3 Å². The predicted octanol–water partition coefficient (Wildman–Crippen LogP) is 3.14. The molecule has 2 aromatic carbocycles. The van der Waals surface area contributed by atoms with Crippen LogP contribution in [0.25, 0.3) is 0 Å². The summed E-state index contributed by atoms with van der Waals surface area (Å²) in [6, 6.07) is 11.3. The zero-order valence-corrected chi connectivity index (χ0v) is 14.7. The summed E-state index contributed by atoms with van der Waals surface area (Å²) in [6.07, 6.45) is 0.961. The van der Waals surface area contributed by atoms with Crippen molar-refractivity contribution >= 4 is 23.4 Å². The van der Waals surface area contributed by atoms with Crippen molar-refractivity contribution in [2.24, 2.45) is 5.92 Å². The molecule has 1 unspecified atom stereocenters. The number of amides is 2. The highest BCUT2D eigenvalue weighted by atomic mass is 19.1. The summed E-state index contributed by atoms with van der Waals surface area (Å²) in [6.45, 7) is 2.53. The van der Waals surface area contributed by atoms with Crippen molar-refractivity contribution in [2.45, 2.75) is 13.0 Å². The molecule has 1 saturated heterocycles. The van der Waals surface area contributed by atoms with Crippen LogP contribution in [0.1, 0.15) is 22.3 Å². The number of carbonyl (C=O) groups is 2. The molecule has 0 bridgehead atoms. The van der Waals surface area contributed by atoms with Crippen LogP contribution in [0, 0.1) is 11.7 Å². The number of hydrogen-bond acceptors (Lipinski definition) is 4. The average molecular weight is 369 g/mol. The minimum atomic E-state index is -0.360.